The fourth-order valence-corrected chi connectivity index (χ4v) is 6.30. The summed E-state index contributed by atoms with van der Waals surface area (Å²) >= 11 is 1.55. The van der Waals surface area contributed by atoms with Gasteiger partial charge in [-0.3, -0.25) is 4.98 Å². The van der Waals surface area contributed by atoms with Crippen molar-refractivity contribution in [3.05, 3.63) is 58.5 Å². The van der Waals surface area contributed by atoms with Crippen LogP contribution in [0.2, 0.25) is 0 Å². The predicted molar refractivity (Wildman–Crippen MR) is 150 cm³/mol. The molecule has 0 amide bonds. The number of aliphatic hydroxyl groups excluding tert-OH is 3. The van der Waals surface area contributed by atoms with Crippen molar-refractivity contribution >= 4 is 33.3 Å². The number of aromatic nitrogens is 4. The minimum absolute atomic E-state index is 0.0366. The van der Waals surface area contributed by atoms with Crippen molar-refractivity contribution < 1.29 is 15.3 Å². The van der Waals surface area contributed by atoms with Crippen LogP contribution in [0, 0.1) is 33.6 Å². The summed E-state index contributed by atoms with van der Waals surface area (Å²) in [7, 11) is 0. The van der Waals surface area contributed by atoms with Crippen LogP contribution in [-0.2, 0) is 0 Å². The number of hydrogen-bond donors (Lipinski definition) is 5. The van der Waals surface area contributed by atoms with Gasteiger partial charge in [0.25, 0.3) is 0 Å². The normalized spacial score (nSPS) is 22.1. The van der Waals surface area contributed by atoms with Gasteiger partial charge in [0.1, 0.15) is 22.4 Å². The monoisotopic (exact) mass is 534 g/mol. The summed E-state index contributed by atoms with van der Waals surface area (Å²) in [6, 6.07) is 9.81. The maximum absolute atomic E-state index is 10.7. The minimum Gasteiger partial charge on any atom is -0.396 e. The van der Waals surface area contributed by atoms with Gasteiger partial charge in [0.2, 0.25) is 5.95 Å². The highest BCUT2D eigenvalue weighted by atomic mass is 32.1. The van der Waals surface area contributed by atoms with Gasteiger partial charge < -0.3 is 26.0 Å². The van der Waals surface area contributed by atoms with Crippen LogP contribution in [0.1, 0.15) is 47.6 Å². The maximum Gasteiger partial charge on any atom is 0.225 e. The Morgan fingerprint density at radius 1 is 0.974 bits per heavy atom. The Bertz CT molecular complexity index is 1460. The van der Waals surface area contributed by atoms with Crippen LogP contribution in [0.15, 0.2) is 30.3 Å². The standard InChI is InChI=1S/C28H34N6O3S/c1-13-6-8-18(9-7-13)15(3)30-28-31-16(4)22(27-33-23-17(5)29-14(2)10-21(23)38-27)26(34-28)32-20-11-19(12-35)24(36)25(20)37/h6-10,15,19-20,24-25,35-37H,11-12H2,1-5H3,(H2,30,31,32,34)/t15-,19-,20-,24-,25+/m1/s1. The van der Waals surface area contributed by atoms with Gasteiger partial charge in [0.15, 0.2) is 0 Å². The van der Waals surface area contributed by atoms with E-state index < -0.39 is 24.2 Å². The van der Waals surface area contributed by atoms with Crippen molar-refractivity contribution in [2.75, 3.05) is 17.2 Å². The molecule has 0 unspecified atom stereocenters. The first-order valence-corrected chi connectivity index (χ1v) is 13.7. The van der Waals surface area contributed by atoms with E-state index in [-0.39, 0.29) is 12.6 Å². The SMILES string of the molecule is Cc1ccc([C@@H](C)Nc2nc(C)c(-c3nc4c(C)nc(C)cc4s3)c(N[C@@H]3C[C@H](CO)[C@@H](O)[C@H]3O)n2)cc1. The molecule has 4 aromatic rings. The third-order valence-electron chi connectivity index (χ3n) is 7.27. The predicted octanol–water partition coefficient (Wildman–Crippen LogP) is 4.07. The van der Waals surface area contributed by atoms with Crippen molar-refractivity contribution in [3.63, 3.8) is 0 Å². The number of aryl methyl sites for hydroxylation is 4. The Morgan fingerprint density at radius 3 is 2.39 bits per heavy atom. The molecule has 1 fully saturated rings. The molecular formula is C28H34N6O3S. The van der Waals surface area contributed by atoms with Gasteiger partial charge in [-0.1, -0.05) is 29.8 Å². The molecule has 1 aromatic carbocycles. The van der Waals surface area contributed by atoms with Gasteiger partial charge in [-0.2, -0.15) is 4.98 Å². The molecular weight excluding hydrogens is 500 g/mol. The summed E-state index contributed by atoms with van der Waals surface area (Å²) < 4.78 is 1.03. The molecule has 10 heteroatoms. The lowest BCUT2D eigenvalue weighted by Gasteiger charge is -2.22. The molecule has 5 rings (SSSR count). The fourth-order valence-electron chi connectivity index (χ4n) is 5.09. The highest BCUT2D eigenvalue weighted by Crippen LogP contribution is 2.39. The summed E-state index contributed by atoms with van der Waals surface area (Å²) in [6.07, 6.45) is -1.64. The van der Waals surface area contributed by atoms with Gasteiger partial charge in [0.05, 0.1) is 39.8 Å². The van der Waals surface area contributed by atoms with Gasteiger partial charge >= 0.3 is 0 Å². The van der Waals surface area contributed by atoms with E-state index in [1.807, 2.05) is 26.8 Å². The quantitative estimate of drug-likeness (QED) is 0.238. The molecule has 0 aliphatic heterocycles. The van der Waals surface area contributed by atoms with Crippen LogP contribution in [0.25, 0.3) is 20.8 Å². The average molecular weight is 535 g/mol. The molecule has 5 N–H and O–H groups in total. The lowest BCUT2D eigenvalue weighted by molar-refractivity contribution is 0.00446. The number of anilines is 2. The number of nitrogens with one attached hydrogen (secondary N) is 2. The summed E-state index contributed by atoms with van der Waals surface area (Å²) in [5.41, 5.74) is 6.41. The molecule has 0 bridgehead atoms. The van der Waals surface area contributed by atoms with Crippen LogP contribution in [0.3, 0.4) is 0 Å². The largest absolute Gasteiger partial charge is 0.396 e. The van der Waals surface area contributed by atoms with E-state index in [9.17, 15) is 15.3 Å². The molecule has 1 aliphatic carbocycles. The number of aliphatic hydroxyl groups is 3. The molecule has 38 heavy (non-hydrogen) atoms. The third kappa shape index (κ3) is 5.09. The Labute approximate surface area is 226 Å². The second kappa shape index (κ2) is 10.5. The van der Waals surface area contributed by atoms with E-state index in [0.29, 0.717) is 18.2 Å². The minimum atomic E-state index is -1.04. The van der Waals surface area contributed by atoms with E-state index in [0.717, 1.165) is 43.4 Å². The first-order valence-electron chi connectivity index (χ1n) is 12.8. The highest BCUT2D eigenvalue weighted by Gasteiger charge is 2.41. The Balaban J connectivity index is 1.56. The number of rotatable bonds is 7. The summed E-state index contributed by atoms with van der Waals surface area (Å²) in [5.74, 6) is 0.558. The Kier molecular flexibility index (Phi) is 7.32. The van der Waals surface area contributed by atoms with Crippen LogP contribution in [0.4, 0.5) is 11.8 Å². The maximum atomic E-state index is 10.7. The van der Waals surface area contributed by atoms with E-state index >= 15 is 0 Å². The smallest absolute Gasteiger partial charge is 0.225 e. The summed E-state index contributed by atoms with van der Waals surface area (Å²) in [5, 5.41) is 38.3. The van der Waals surface area contributed by atoms with Crippen LogP contribution in [0.5, 0.6) is 0 Å². The summed E-state index contributed by atoms with van der Waals surface area (Å²) in [4.78, 5) is 19.1. The second-order valence-electron chi connectivity index (χ2n) is 10.3. The number of benzene rings is 1. The molecule has 0 saturated heterocycles. The van der Waals surface area contributed by atoms with Gasteiger partial charge in [-0.15, -0.1) is 11.3 Å². The first kappa shape index (κ1) is 26.4. The molecule has 3 aromatic heterocycles. The zero-order chi connectivity index (χ0) is 27.1. The van der Waals surface area contributed by atoms with Gasteiger partial charge in [-0.05, 0) is 52.7 Å². The molecule has 1 saturated carbocycles. The van der Waals surface area contributed by atoms with E-state index in [1.54, 1.807) is 11.3 Å². The zero-order valence-corrected chi connectivity index (χ0v) is 23.0. The fraction of sp³-hybridized carbons (Fsp3) is 0.429. The Morgan fingerprint density at radius 2 is 1.71 bits per heavy atom. The summed E-state index contributed by atoms with van der Waals surface area (Å²) in [6.45, 7) is 9.75. The van der Waals surface area contributed by atoms with Crippen molar-refractivity contribution in [2.24, 2.45) is 5.92 Å². The van der Waals surface area contributed by atoms with E-state index in [2.05, 4.69) is 53.7 Å². The molecule has 0 spiro atoms. The molecule has 9 nitrogen and oxygen atoms in total. The number of hydrogen-bond acceptors (Lipinski definition) is 10. The van der Waals surface area contributed by atoms with Crippen molar-refractivity contribution in [1.82, 2.24) is 19.9 Å². The third-order valence-corrected chi connectivity index (χ3v) is 8.29. The van der Waals surface area contributed by atoms with Crippen molar-refractivity contribution in [3.8, 4) is 10.6 Å². The molecule has 3 heterocycles. The number of fused-ring (bicyclic) bond motifs is 1. The highest BCUT2D eigenvalue weighted by molar-refractivity contribution is 7.21. The van der Waals surface area contributed by atoms with Gasteiger partial charge in [-0.25, -0.2) is 9.97 Å². The molecule has 200 valence electrons. The second-order valence-corrected chi connectivity index (χ2v) is 11.3. The van der Waals surface area contributed by atoms with E-state index in [4.69, 9.17) is 15.0 Å². The van der Waals surface area contributed by atoms with Gasteiger partial charge in [0, 0.05) is 18.2 Å². The molecule has 5 atom stereocenters. The van der Waals surface area contributed by atoms with Crippen LogP contribution >= 0.6 is 11.3 Å². The lowest BCUT2D eigenvalue weighted by atomic mass is 10.1. The lowest BCUT2D eigenvalue weighted by Crippen LogP contribution is -2.35. The van der Waals surface area contributed by atoms with E-state index in [1.165, 1.54) is 5.56 Å². The van der Waals surface area contributed by atoms with Crippen molar-refractivity contribution in [1.29, 1.82) is 0 Å². The zero-order valence-electron chi connectivity index (χ0n) is 22.2. The topological polar surface area (TPSA) is 136 Å². The van der Waals surface area contributed by atoms with Crippen LogP contribution < -0.4 is 10.6 Å². The number of nitrogens with zero attached hydrogens (tertiary/aromatic N) is 4. The number of thiazole rings is 1. The Hall–Kier alpha value is -3.18. The average Bonchev–Trinajstić information content (AvgIpc) is 3.40. The molecule has 0 radical (unpaired) electrons. The molecule has 1 aliphatic rings. The number of pyridine rings is 1. The first-order chi connectivity index (χ1) is 18.1. The van der Waals surface area contributed by atoms with Crippen molar-refractivity contribution in [2.45, 2.75) is 65.3 Å². The van der Waals surface area contributed by atoms with Crippen LogP contribution in [-0.4, -0.2) is 60.1 Å².